The lowest BCUT2D eigenvalue weighted by Gasteiger charge is -1.89. The molecule has 0 amide bonds. The molecular formula is C5H10N. The summed E-state index contributed by atoms with van der Waals surface area (Å²) < 4.78 is 0. The first kappa shape index (κ1) is 4.13. The molecule has 0 aromatic heterocycles. The molecule has 0 unspecified atom stereocenters. The molecule has 0 aromatic carbocycles. The van der Waals surface area contributed by atoms with Gasteiger partial charge in [-0.15, -0.1) is 0 Å². The van der Waals surface area contributed by atoms with Crippen LogP contribution in [0.25, 0.3) is 0 Å². The maximum atomic E-state index is 3.65. The minimum absolute atomic E-state index is 0.836. The molecule has 35 valence electrons. The topological polar surface area (TPSA) is 12.0 Å². The van der Waals surface area contributed by atoms with Crippen molar-refractivity contribution in [2.75, 3.05) is 6.54 Å². The second-order valence-corrected chi connectivity index (χ2v) is 1.73. The molecule has 0 heterocycles. The maximum absolute atomic E-state index is 3.65. The summed E-state index contributed by atoms with van der Waals surface area (Å²) in [4.78, 5) is 0. The zero-order chi connectivity index (χ0) is 4.41. The summed E-state index contributed by atoms with van der Waals surface area (Å²) in [6.45, 7) is 4.55. The molecule has 1 heteroatoms. The molecule has 1 N–H and O–H groups in total. The van der Waals surface area contributed by atoms with Crippen LogP contribution in [-0.2, 0) is 0 Å². The van der Waals surface area contributed by atoms with Crippen molar-refractivity contribution in [1.82, 2.24) is 5.32 Å². The van der Waals surface area contributed by atoms with Gasteiger partial charge in [0.25, 0.3) is 0 Å². The van der Waals surface area contributed by atoms with Gasteiger partial charge in [-0.05, 0) is 26.3 Å². The van der Waals surface area contributed by atoms with E-state index in [0.29, 0.717) is 0 Å². The quantitative estimate of drug-likeness (QED) is 0.516. The zero-order valence-corrected chi connectivity index (χ0v) is 3.91. The van der Waals surface area contributed by atoms with Crippen molar-refractivity contribution in [3.63, 3.8) is 0 Å². The first-order chi connectivity index (χ1) is 2.93. The highest BCUT2D eigenvalue weighted by Gasteiger charge is 2.18. The predicted octanol–water partition coefficient (Wildman–Crippen LogP) is 0.572. The summed E-state index contributed by atoms with van der Waals surface area (Å²) in [6.07, 6.45) is 2.74. The van der Waals surface area contributed by atoms with Crippen LogP contribution in [0.3, 0.4) is 0 Å². The van der Waals surface area contributed by atoms with Gasteiger partial charge in [0.05, 0.1) is 0 Å². The lowest BCUT2D eigenvalue weighted by Crippen LogP contribution is -2.14. The molecule has 6 heavy (non-hydrogen) atoms. The van der Waals surface area contributed by atoms with Gasteiger partial charge in [0.1, 0.15) is 0 Å². The first-order valence-corrected chi connectivity index (χ1v) is 2.46. The van der Waals surface area contributed by atoms with Crippen LogP contribution < -0.4 is 5.32 Å². The van der Waals surface area contributed by atoms with E-state index in [9.17, 15) is 0 Å². The van der Waals surface area contributed by atoms with Crippen molar-refractivity contribution in [2.24, 2.45) is 0 Å². The summed E-state index contributed by atoms with van der Waals surface area (Å²) in [6, 6.07) is 0.836. The Hall–Kier alpha value is -0.0400. The Bertz CT molecular complexity index is 39.2. The van der Waals surface area contributed by atoms with E-state index in [1.54, 1.807) is 0 Å². The van der Waals surface area contributed by atoms with E-state index in [1.807, 2.05) is 0 Å². The van der Waals surface area contributed by atoms with Gasteiger partial charge in [-0.25, -0.2) is 0 Å². The predicted molar refractivity (Wildman–Crippen MR) is 26.4 cm³/mol. The molecule has 0 aliphatic heterocycles. The molecule has 1 nitrogen and oxygen atoms in total. The summed E-state index contributed by atoms with van der Waals surface area (Å²) in [7, 11) is 0. The van der Waals surface area contributed by atoms with Gasteiger partial charge < -0.3 is 5.32 Å². The molecule has 0 saturated heterocycles. The van der Waals surface area contributed by atoms with E-state index in [4.69, 9.17) is 0 Å². The van der Waals surface area contributed by atoms with Crippen molar-refractivity contribution in [2.45, 2.75) is 18.9 Å². The first-order valence-electron chi connectivity index (χ1n) is 2.46. The normalized spacial score (nSPS) is 21.5. The van der Waals surface area contributed by atoms with E-state index >= 15 is 0 Å². The molecule has 0 bridgehead atoms. The van der Waals surface area contributed by atoms with Crippen LogP contribution in [0.1, 0.15) is 12.8 Å². The highest BCUT2D eigenvalue weighted by atomic mass is 14.9. The number of nitrogens with one attached hydrogen (secondary N) is 1. The molecule has 1 aliphatic rings. The summed E-state index contributed by atoms with van der Waals surface area (Å²) in [5.41, 5.74) is 0. The third kappa shape index (κ3) is 0.977. The fourth-order valence-electron chi connectivity index (χ4n) is 0.492. The minimum atomic E-state index is 0.836. The Balaban J connectivity index is 1.88. The second kappa shape index (κ2) is 1.61. The van der Waals surface area contributed by atoms with E-state index in [-0.39, 0.29) is 0 Å². The molecule has 1 saturated carbocycles. The fourth-order valence-corrected chi connectivity index (χ4v) is 0.492. The summed E-state index contributed by atoms with van der Waals surface area (Å²) >= 11 is 0. The van der Waals surface area contributed by atoms with Gasteiger partial charge in [0.2, 0.25) is 0 Å². The van der Waals surface area contributed by atoms with Gasteiger partial charge in [0, 0.05) is 6.04 Å². The molecule has 1 radical (unpaired) electrons. The number of rotatable bonds is 2. The van der Waals surface area contributed by atoms with Crippen LogP contribution in [0.15, 0.2) is 0 Å². The third-order valence-electron chi connectivity index (χ3n) is 1.01. The Morgan fingerprint density at radius 2 is 2.33 bits per heavy atom. The summed E-state index contributed by atoms with van der Waals surface area (Å²) in [5, 5.41) is 3.21. The van der Waals surface area contributed by atoms with Crippen LogP contribution in [0.2, 0.25) is 0 Å². The molecule has 1 aliphatic carbocycles. The summed E-state index contributed by atoms with van der Waals surface area (Å²) in [5.74, 6) is 0. The van der Waals surface area contributed by atoms with E-state index < -0.39 is 0 Å². The van der Waals surface area contributed by atoms with Crippen LogP contribution in [0, 0.1) is 6.92 Å². The van der Waals surface area contributed by atoms with Crippen molar-refractivity contribution in [1.29, 1.82) is 0 Å². The molecule has 1 rings (SSSR count). The van der Waals surface area contributed by atoms with Crippen molar-refractivity contribution >= 4 is 0 Å². The number of hydrogen-bond acceptors (Lipinski definition) is 1. The van der Waals surface area contributed by atoms with Gasteiger partial charge in [-0.2, -0.15) is 0 Å². The molecular weight excluding hydrogens is 74.1 g/mol. The molecule has 0 aromatic rings. The highest BCUT2D eigenvalue weighted by Crippen LogP contribution is 2.17. The molecule has 1 fully saturated rings. The second-order valence-electron chi connectivity index (χ2n) is 1.73. The Morgan fingerprint density at radius 3 is 2.50 bits per heavy atom. The lowest BCUT2D eigenvalue weighted by molar-refractivity contribution is 0.752. The van der Waals surface area contributed by atoms with E-state index in [1.165, 1.54) is 12.8 Å². The maximum Gasteiger partial charge on any atom is 0.00682 e. The Kier molecular flexibility index (Phi) is 1.10. The third-order valence-corrected chi connectivity index (χ3v) is 1.01. The fraction of sp³-hybridized carbons (Fsp3) is 0.800. The van der Waals surface area contributed by atoms with Crippen LogP contribution in [-0.4, -0.2) is 12.6 Å². The minimum Gasteiger partial charge on any atom is -0.314 e. The SMILES string of the molecule is [CH2]CNC1CC1. The lowest BCUT2D eigenvalue weighted by atomic mass is 10.6. The van der Waals surface area contributed by atoms with Crippen LogP contribution in [0.5, 0.6) is 0 Å². The van der Waals surface area contributed by atoms with Gasteiger partial charge in [-0.3, -0.25) is 0 Å². The Morgan fingerprint density at radius 1 is 1.67 bits per heavy atom. The monoisotopic (exact) mass is 84.1 g/mol. The van der Waals surface area contributed by atoms with Gasteiger partial charge >= 0.3 is 0 Å². The Labute approximate surface area is 38.7 Å². The van der Waals surface area contributed by atoms with Gasteiger partial charge in [0.15, 0.2) is 0 Å². The average molecular weight is 84.1 g/mol. The molecule has 0 spiro atoms. The smallest absolute Gasteiger partial charge is 0.00682 e. The van der Waals surface area contributed by atoms with Gasteiger partial charge in [-0.1, -0.05) is 0 Å². The molecule has 0 atom stereocenters. The van der Waals surface area contributed by atoms with Crippen molar-refractivity contribution in [3.05, 3.63) is 6.92 Å². The van der Waals surface area contributed by atoms with E-state index in [2.05, 4.69) is 12.2 Å². The largest absolute Gasteiger partial charge is 0.314 e. The standard InChI is InChI=1S/C5H10N/c1-2-6-5-3-4-5/h5-6H,1-4H2. The van der Waals surface area contributed by atoms with Crippen LogP contribution >= 0.6 is 0 Å². The van der Waals surface area contributed by atoms with Crippen molar-refractivity contribution < 1.29 is 0 Å². The highest BCUT2D eigenvalue weighted by molar-refractivity contribution is 4.80. The van der Waals surface area contributed by atoms with Crippen molar-refractivity contribution in [3.8, 4) is 0 Å². The number of hydrogen-bond donors (Lipinski definition) is 1. The zero-order valence-electron chi connectivity index (χ0n) is 3.91. The van der Waals surface area contributed by atoms with E-state index in [0.717, 1.165) is 12.6 Å². The van der Waals surface area contributed by atoms with Crippen LogP contribution in [0.4, 0.5) is 0 Å². The average Bonchev–Trinajstić information content (AvgIpc) is 2.21.